The third-order valence-corrected chi connectivity index (χ3v) is 5.37. The number of nitrogens with one attached hydrogen (secondary N) is 1. The average molecular weight is 410 g/mol. The number of carbonyl (C=O) groups is 1. The van der Waals surface area contributed by atoms with Crippen molar-refractivity contribution in [2.75, 3.05) is 11.1 Å². The van der Waals surface area contributed by atoms with Gasteiger partial charge in [-0.1, -0.05) is 23.9 Å². The number of hydrogen-bond acceptors (Lipinski definition) is 5. The van der Waals surface area contributed by atoms with Crippen molar-refractivity contribution in [2.45, 2.75) is 25.5 Å². The first-order chi connectivity index (χ1) is 14.0. The third-order valence-electron chi connectivity index (χ3n) is 4.39. The smallest absolute Gasteiger partial charge is 0.236 e. The van der Waals surface area contributed by atoms with Crippen LogP contribution < -0.4 is 5.32 Å². The molecule has 0 aliphatic carbocycles. The van der Waals surface area contributed by atoms with Crippen molar-refractivity contribution < 1.29 is 9.18 Å². The second-order valence-corrected chi connectivity index (χ2v) is 7.20. The molecule has 29 heavy (non-hydrogen) atoms. The monoisotopic (exact) mass is 410 g/mol. The van der Waals surface area contributed by atoms with Gasteiger partial charge in [-0.05, 0) is 37.6 Å². The minimum absolute atomic E-state index is 0.0765. The Morgan fingerprint density at radius 3 is 2.93 bits per heavy atom. The van der Waals surface area contributed by atoms with Crippen LogP contribution in [0.5, 0.6) is 0 Å². The van der Waals surface area contributed by atoms with Crippen LogP contribution in [0.3, 0.4) is 0 Å². The number of nitrogens with zero attached hydrogens (tertiary/aromatic N) is 5. The van der Waals surface area contributed by atoms with Gasteiger partial charge in [0, 0.05) is 12.2 Å². The van der Waals surface area contributed by atoms with Gasteiger partial charge in [-0.3, -0.25) is 9.36 Å². The lowest BCUT2D eigenvalue weighted by atomic mass is 10.2. The van der Waals surface area contributed by atoms with E-state index in [4.69, 9.17) is 0 Å². The third kappa shape index (κ3) is 4.22. The van der Waals surface area contributed by atoms with E-state index in [1.165, 1.54) is 23.9 Å². The van der Waals surface area contributed by atoms with Crippen LogP contribution in [0.4, 0.5) is 10.2 Å². The largest absolute Gasteiger partial charge is 0.310 e. The summed E-state index contributed by atoms with van der Waals surface area (Å²) < 4.78 is 17.2. The molecule has 0 saturated heterocycles. The zero-order chi connectivity index (χ0) is 21.0. The van der Waals surface area contributed by atoms with Crippen LogP contribution in [0.2, 0.25) is 0 Å². The van der Waals surface area contributed by atoms with Crippen LogP contribution in [0.15, 0.2) is 48.4 Å². The maximum Gasteiger partial charge on any atom is 0.236 e. The van der Waals surface area contributed by atoms with Crippen molar-refractivity contribution in [1.29, 1.82) is 5.26 Å². The van der Waals surface area contributed by atoms with Gasteiger partial charge in [0.1, 0.15) is 24.0 Å². The first-order valence-corrected chi connectivity index (χ1v) is 9.74. The predicted octanol–water partition coefficient (Wildman–Crippen LogP) is 3.61. The van der Waals surface area contributed by atoms with Gasteiger partial charge in [0.2, 0.25) is 5.91 Å². The first-order valence-electron chi connectivity index (χ1n) is 8.75. The lowest BCUT2D eigenvalue weighted by Gasteiger charge is -2.13. The van der Waals surface area contributed by atoms with Crippen LogP contribution in [0, 0.1) is 31.0 Å². The van der Waals surface area contributed by atoms with E-state index in [9.17, 15) is 14.4 Å². The fraction of sp³-hybridized carbons (Fsp3) is 0.200. The molecule has 0 fully saturated rings. The lowest BCUT2D eigenvalue weighted by Crippen LogP contribution is -2.18. The number of hydrogen-bond donors (Lipinski definition) is 1. The zero-order valence-corrected chi connectivity index (χ0v) is 16.8. The fourth-order valence-electron chi connectivity index (χ4n) is 2.92. The van der Waals surface area contributed by atoms with E-state index < -0.39 is 5.82 Å². The van der Waals surface area contributed by atoms with Gasteiger partial charge in [-0.25, -0.2) is 4.39 Å². The maximum absolute atomic E-state index is 13.8. The molecule has 2 heterocycles. The molecule has 148 valence electrons. The average Bonchev–Trinajstić information content (AvgIpc) is 3.23. The zero-order valence-electron chi connectivity index (χ0n) is 16.0. The van der Waals surface area contributed by atoms with Crippen LogP contribution in [0.25, 0.3) is 5.69 Å². The second kappa shape index (κ2) is 8.75. The maximum atomic E-state index is 13.8. The molecule has 0 atom stereocenters. The van der Waals surface area contributed by atoms with Crippen molar-refractivity contribution >= 4 is 23.5 Å². The minimum atomic E-state index is -0.402. The molecular formula is C20H19FN6OS. The molecule has 0 saturated carbocycles. The Bertz CT molecular complexity index is 1110. The number of aromatic nitrogens is 4. The molecule has 0 radical (unpaired) electrons. The van der Waals surface area contributed by atoms with E-state index >= 15 is 0 Å². The number of anilines is 1. The molecule has 0 aliphatic rings. The molecule has 3 aromatic rings. The molecule has 1 aromatic carbocycles. The summed E-state index contributed by atoms with van der Waals surface area (Å²) in [6.07, 6.45) is 3.28. The van der Waals surface area contributed by atoms with Crippen LogP contribution in [0.1, 0.15) is 16.8 Å². The van der Waals surface area contributed by atoms with Crippen molar-refractivity contribution in [1.82, 2.24) is 19.3 Å². The fourth-order valence-corrected chi connectivity index (χ4v) is 3.64. The van der Waals surface area contributed by atoms with Gasteiger partial charge in [0.05, 0.1) is 17.0 Å². The van der Waals surface area contributed by atoms with Gasteiger partial charge in [0.25, 0.3) is 0 Å². The molecule has 1 N–H and O–H groups in total. The number of amides is 1. The van der Waals surface area contributed by atoms with Gasteiger partial charge < -0.3 is 9.88 Å². The number of benzene rings is 1. The standard InChI is InChI=1S/C20H19FN6OS/c1-4-8-26-12-23-25-20(26)29-11-18(28)24-19-17(10-22)13(2)14(3)27(19)16-7-5-6-15(21)9-16/h4-7,9,12H,1,8,11H2,2-3H3,(H,24,28). The summed E-state index contributed by atoms with van der Waals surface area (Å²) >= 11 is 1.23. The van der Waals surface area contributed by atoms with E-state index in [1.54, 1.807) is 40.6 Å². The molecule has 9 heteroatoms. The molecule has 0 bridgehead atoms. The summed E-state index contributed by atoms with van der Waals surface area (Å²) in [5.74, 6) is -0.310. The normalized spacial score (nSPS) is 10.6. The topological polar surface area (TPSA) is 88.5 Å². The Labute approximate surface area is 171 Å². The SMILES string of the molecule is C=CCn1cnnc1SCC(=O)Nc1c(C#N)c(C)c(C)n1-c1cccc(F)c1. The Morgan fingerprint density at radius 2 is 2.24 bits per heavy atom. The number of halogens is 1. The van der Waals surface area contributed by atoms with Gasteiger partial charge in [0.15, 0.2) is 5.16 Å². The Morgan fingerprint density at radius 1 is 1.45 bits per heavy atom. The molecule has 0 aliphatic heterocycles. The second-order valence-electron chi connectivity index (χ2n) is 6.25. The van der Waals surface area contributed by atoms with Gasteiger partial charge >= 0.3 is 0 Å². The Kier molecular flexibility index (Phi) is 6.14. The van der Waals surface area contributed by atoms with Crippen molar-refractivity contribution in [2.24, 2.45) is 0 Å². The van der Waals surface area contributed by atoms with E-state index in [0.717, 1.165) is 11.3 Å². The highest BCUT2D eigenvalue weighted by Gasteiger charge is 2.21. The van der Waals surface area contributed by atoms with E-state index in [1.807, 2.05) is 6.92 Å². The molecule has 0 spiro atoms. The Balaban J connectivity index is 1.87. The molecule has 1 amide bonds. The summed E-state index contributed by atoms with van der Waals surface area (Å²) in [5.41, 5.74) is 2.35. The molecule has 3 rings (SSSR count). The first kappa shape index (κ1) is 20.4. The number of rotatable bonds is 7. The number of carbonyl (C=O) groups excluding carboxylic acids is 1. The minimum Gasteiger partial charge on any atom is -0.310 e. The Hall–Kier alpha value is -3.38. The van der Waals surface area contributed by atoms with Crippen LogP contribution in [-0.2, 0) is 11.3 Å². The van der Waals surface area contributed by atoms with Crippen molar-refractivity contribution in [3.8, 4) is 11.8 Å². The summed E-state index contributed by atoms with van der Waals surface area (Å²) in [6, 6.07) is 8.14. The lowest BCUT2D eigenvalue weighted by molar-refractivity contribution is -0.113. The highest BCUT2D eigenvalue weighted by Crippen LogP contribution is 2.30. The van der Waals surface area contributed by atoms with Crippen LogP contribution in [-0.4, -0.2) is 31.0 Å². The number of thioether (sulfide) groups is 1. The van der Waals surface area contributed by atoms with E-state index in [0.29, 0.717) is 28.8 Å². The summed E-state index contributed by atoms with van der Waals surface area (Å²) in [7, 11) is 0. The molecule has 7 nitrogen and oxygen atoms in total. The quantitative estimate of drug-likeness (QED) is 0.475. The van der Waals surface area contributed by atoms with Crippen LogP contribution >= 0.6 is 11.8 Å². The molecular weight excluding hydrogens is 391 g/mol. The number of nitriles is 1. The highest BCUT2D eigenvalue weighted by molar-refractivity contribution is 7.99. The van der Waals surface area contributed by atoms with E-state index in [-0.39, 0.29) is 11.7 Å². The predicted molar refractivity (Wildman–Crippen MR) is 109 cm³/mol. The van der Waals surface area contributed by atoms with Crippen molar-refractivity contribution in [3.05, 3.63) is 65.9 Å². The molecule has 2 aromatic heterocycles. The summed E-state index contributed by atoms with van der Waals surface area (Å²) in [5, 5.41) is 20.8. The summed E-state index contributed by atoms with van der Waals surface area (Å²) in [6.45, 7) is 7.84. The molecule has 0 unspecified atom stereocenters. The van der Waals surface area contributed by atoms with Gasteiger partial charge in [-0.2, -0.15) is 5.26 Å². The number of allylic oxidation sites excluding steroid dienone is 1. The summed E-state index contributed by atoms with van der Waals surface area (Å²) in [4.78, 5) is 12.6. The van der Waals surface area contributed by atoms with Gasteiger partial charge in [-0.15, -0.1) is 16.8 Å². The van der Waals surface area contributed by atoms with Crippen molar-refractivity contribution in [3.63, 3.8) is 0 Å². The highest BCUT2D eigenvalue weighted by atomic mass is 32.2. The van der Waals surface area contributed by atoms with E-state index in [2.05, 4.69) is 28.2 Å².